The lowest BCUT2D eigenvalue weighted by atomic mass is 10.2. The molecule has 1 fully saturated rings. The van der Waals surface area contributed by atoms with Gasteiger partial charge in [0, 0.05) is 6.61 Å². The fourth-order valence-electron chi connectivity index (χ4n) is 1.03. The van der Waals surface area contributed by atoms with Gasteiger partial charge in [-0.05, 0) is 19.8 Å². The lowest BCUT2D eigenvalue weighted by Gasteiger charge is -2.07. The molecule has 0 radical (unpaired) electrons. The Bertz CT molecular complexity index is 104. The molecule has 0 N–H and O–H groups in total. The fraction of sp³-hybridized carbons (Fsp3) is 0.750. The number of hydrogen-bond acceptors (Lipinski definition) is 2. The van der Waals surface area contributed by atoms with Crippen LogP contribution in [0.1, 0.15) is 19.8 Å². The Balaban J connectivity index is 2.01. The first-order valence-electron chi connectivity index (χ1n) is 3.78. The predicted molar refractivity (Wildman–Crippen MR) is 39.7 cm³/mol. The van der Waals surface area contributed by atoms with Gasteiger partial charge in [0.1, 0.15) is 6.61 Å². The van der Waals surface area contributed by atoms with Crippen LogP contribution in [0.5, 0.6) is 0 Å². The van der Waals surface area contributed by atoms with Crippen molar-refractivity contribution in [3.63, 3.8) is 0 Å². The zero-order valence-electron chi connectivity index (χ0n) is 6.38. The van der Waals surface area contributed by atoms with Gasteiger partial charge in [-0.1, -0.05) is 6.08 Å². The molecule has 1 atom stereocenters. The number of ether oxygens (including phenoxy) is 2. The molecule has 2 nitrogen and oxygen atoms in total. The third-order valence-electron chi connectivity index (χ3n) is 1.54. The van der Waals surface area contributed by atoms with Gasteiger partial charge in [-0.25, -0.2) is 0 Å². The molecule has 58 valence electrons. The molecule has 0 aromatic rings. The molecule has 1 aliphatic heterocycles. The summed E-state index contributed by atoms with van der Waals surface area (Å²) in [5, 5.41) is 0. The molecule has 0 saturated carbocycles. The molecule has 10 heavy (non-hydrogen) atoms. The van der Waals surface area contributed by atoms with Crippen molar-refractivity contribution in [2.24, 2.45) is 0 Å². The maximum atomic E-state index is 5.34. The fourth-order valence-corrected chi connectivity index (χ4v) is 1.03. The third kappa shape index (κ3) is 2.40. The maximum Gasteiger partial charge on any atom is 0.113 e. The van der Waals surface area contributed by atoms with Gasteiger partial charge in [0.25, 0.3) is 0 Å². The second kappa shape index (κ2) is 4.34. The minimum Gasteiger partial charge on any atom is -0.499 e. The highest BCUT2D eigenvalue weighted by Crippen LogP contribution is 2.11. The lowest BCUT2D eigenvalue weighted by molar-refractivity contribution is 0.0519. The summed E-state index contributed by atoms with van der Waals surface area (Å²) in [6.45, 7) is 3.56. The van der Waals surface area contributed by atoms with Gasteiger partial charge >= 0.3 is 0 Å². The summed E-state index contributed by atoms with van der Waals surface area (Å²) < 4.78 is 10.5. The first-order chi connectivity index (χ1) is 4.93. The van der Waals surface area contributed by atoms with Crippen LogP contribution in [0.25, 0.3) is 0 Å². The van der Waals surface area contributed by atoms with Crippen molar-refractivity contribution in [2.45, 2.75) is 25.9 Å². The van der Waals surface area contributed by atoms with E-state index in [4.69, 9.17) is 9.47 Å². The third-order valence-corrected chi connectivity index (χ3v) is 1.54. The van der Waals surface area contributed by atoms with E-state index in [-0.39, 0.29) is 0 Å². The van der Waals surface area contributed by atoms with Crippen molar-refractivity contribution < 1.29 is 9.47 Å². The van der Waals surface area contributed by atoms with Crippen molar-refractivity contribution in [3.05, 3.63) is 12.3 Å². The Hall–Kier alpha value is -0.500. The van der Waals surface area contributed by atoms with Gasteiger partial charge in [-0.3, -0.25) is 0 Å². The molecule has 0 aromatic carbocycles. The molecule has 1 unspecified atom stereocenters. The minimum absolute atomic E-state index is 0.344. The zero-order chi connectivity index (χ0) is 7.23. The van der Waals surface area contributed by atoms with Crippen molar-refractivity contribution >= 4 is 0 Å². The van der Waals surface area contributed by atoms with Crippen molar-refractivity contribution in [3.8, 4) is 0 Å². The number of hydrogen-bond donors (Lipinski definition) is 0. The highest BCUT2D eigenvalue weighted by atomic mass is 16.5. The van der Waals surface area contributed by atoms with Gasteiger partial charge < -0.3 is 9.47 Å². The molecular formula is C8H14O2. The average molecular weight is 142 g/mol. The first kappa shape index (κ1) is 7.61. The quantitative estimate of drug-likeness (QED) is 0.558. The van der Waals surface area contributed by atoms with E-state index >= 15 is 0 Å². The Morgan fingerprint density at radius 1 is 1.70 bits per heavy atom. The summed E-state index contributed by atoms with van der Waals surface area (Å²) in [5.41, 5.74) is 0. The van der Waals surface area contributed by atoms with Gasteiger partial charge in [0.15, 0.2) is 0 Å². The highest BCUT2D eigenvalue weighted by molar-refractivity contribution is 4.69. The molecule has 0 bridgehead atoms. The summed E-state index contributed by atoms with van der Waals surface area (Å²) in [6, 6.07) is 0. The van der Waals surface area contributed by atoms with Crippen LogP contribution in [0.2, 0.25) is 0 Å². The Morgan fingerprint density at radius 2 is 2.60 bits per heavy atom. The summed E-state index contributed by atoms with van der Waals surface area (Å²) in [4.78, 5) is 0. The smallest absolute Gasteiger partial charge is 0.113 e. The Labute approximate surface area is 61.8 Å². The van der Waals surface area contributed by atoms with Crippen molar-refractivity contribution in [2.75, 3.05) is 13.2 Å². The molecule has 0 amide bonds. The van der Waals surface area contributed by atoms with Crippen LogP contribution in [-0.2, 0) is 9.47 Å². The van der Waals surface area contributed by atoms with E-state index in [2.05, 4.69) is 0 Å². The van der Waals surface area contributed by atoms with Crippen LogP contribution in [-0.4, -0.2) is 19.3 Å². The van der Waals surface area contributed by atoms with E-state index in [1.807, 2.05) is 13.0 Å². The molecular weight excluding hydrogens is 128 g/mol. The van der Waals surface area contributed by atoms with Crippen LogP contribution < -0.4 is 0 Å². The standard InChI is InChI=1S/C8H14O2/c1-2-5-9-7-8-4-3-6-10-8/h2,5,8H,3-4,6-7H2,1H3. The molecule has 0 aromatic heterocycles. The zero-order valence-corrected chi connectivity index (χ0v) is 6.38. The maximum absolute atomic E-state index is 5.34. The normalized spacial score (nSPS) is 25.9. The molecule has 2 heteroatoms. The highest BCUT2D eigenvalue weighted by Gasteiger charge is 2.14. The number of rotatable bonds is 3. The number of allylic oxidation sites excluding steroid dienone is 1. The second-order valence-corrected chi connectivity index (χ2v) is 2.44. The van der Waals surface area contributed by atoms with Crippen molar-refractivity contribution in [1.29, 1.82) is 0 Å². The Kier molecular flexibility index (Phi) is 3.30. The predicted octanol–water partition coefficient (Wildman–Crippen LogP) is 1.72. The molecule has 1 rings (SSSR count). The first-order valence-corrected chi connectivity index (χ1v) is 3.78. The summed E-state index contributed by atoms with van der Waals surface area (Å²) >= 11 is 0. The van der Waals surface area contributed by atoms with E-state index in [1.54, 1.807) is 6.26 Å². The van der Waals surface area contributed by atoms with Gasteiger partial charge in [0.05, 0.1) is 12.4 Å². The van der Waals surface area contributed by atoms with Crippen molar-refractivity contribution in [1.82, 2.24) is 0 Å². The molecule has 0 spiro atoms. The van der Waals surface area contributed by atoms with Crippen LogP contribution in [0, 0.1) is 0 Å². The van der Waals surface area contributed by atoms with Crippen LogP contribution in [0.3, 0.4) is 0 Å². The van der Waals surface area contributed by atoms with Crippen LogP contribution in [0.4, 0.5) is 0 Å². The van der Waals surface area contributed by atoms with Crippen LogP contribution in [0.15, 0.2) is 12.3 Å². The largest absolute Gasteiger partial charge is 0.499 e. The van der Waals surface area contributed by atoms with E-state index in [0.717, 1.165) is 13.0 Å². The van der Waals surface area contributed by atoms with E-state index in [1.165, 1.54) is 6.42 Å². The molecule has 1 heterocycles. The summed E-state index contributed by atoms with van der Waals surface area (Å²) in [5.74, 6) is 0. The lowest BCUT2D eigenvalue weighted by Crippen LogP contribution is -2.11. The SMILES string of the molecule is CC=COCC1CCCO1. The molecule has 1 saturated heterocycles. The van der Waals surface area contributed by atoms with Gasteiger partial charge in [-0.2, -0.15) is 0 Å². The Morgan fingerprint density at radius 3 is 3.20 bits per heavy atom. The van der Waals surface area contributed by atoms with Crippen LogP contribution >= 0.6 is 0 Å². The minimum atomic E-state index is 0.344. The van der Waals surface area contributed by atoms with E-state index in [9.17, 15) is 0 Å². The topological polar surface area (TPSA) is 18.5 Å². The average Bonchev–Trinajstić information content (AvgIpc) is 2.41. The molecule has 1 aliphatic rings. The van der Waals surface area contributed by atoms with Gasteiger partial charge in [0.2, 0.25) is 0 Å². The van der Waals surface area contributed by atoms with Gasteiger partial charge in [-0.15, -0.1) is 0 Å². The molecule has 0 aliphatic carbocycles. The van der Waals surface area contributed by atoms with E-state index in [0.29, 0.717) is 12.7 Å². The summed E-state index contributed by atoms with van der Waals surface area (Å²) in [6.07, 6.45) is 6.27. The monoisotopic (exact) mass is 142 g/mol. The summed E-state index contributed by atoms with van der Waals surface area (Å²) in [7, 11) is 0. The van der Waals surface area contributed by atoms with E-state index < -0.39 is 0 Å². The second-order valence-electron chi connectivity index (χ2n) is 2.44.